The minimum absolute atomic E-state index is 1.10. The molecule has 304 valence electrons. The monoisotopic (exact) mass is 825 g/mol. The van der Waals surface area contributed by atoms with Gasteiger partial charge in [-0.05, 0) is 153 Å². The Kier molecular flexibility index (Phi) is 9.58. The molecule has 0 aliphatic heterocycles. The molecule has 1 heteroatoms. The Balaban J connectivity index is 1.20. The highest BCUT2D eigenvalue weighted by atomic mass is 15.1. The summed E-state index contributed by atoms with van der Waals surface area (Å²) in [5.41, 5.74) is 15.4. The average Bonchev–Trinajstić information content (AvgIpc) is 3.39. The molecule has 12 aromatic rings. The topological polar surface area (TPSA) is 3.24 Å². The van der Waals surface area contributed by atoms with Gasteiger partial charge < -0.3 is 4.90 Å². The first-order chi connectivity index (χ1) is 32.3. The van der Waals surface area contributed by atoms with Crippen molar-refractivity contribution in [3.8, 4) is 55.6 Å². The van der Waals surface area contributed by atoms with E-state index in [1.54, 1.807) is 0 Å². The van der Waals surface area contributed by atoms with E-state index in [0.717, 1.165) is 22.6 Å². The van der Waals surface area contributed by atoms with E-state index in [9.17, 15) is 0 Å². The van der Waals surface area contributed by atoms with E-state index in [4.69, 9.17) is 0 Å². The Labute approximate surface area is 379 Å². The molecule has 0 aliphatic carbocycles. The first-order valence-corrected chi connectivity index (χ1v) is 22.4. The van der Waals surface area contributed by atoms with Crippen LogP contribution in [0.5, 0.6) is 0 Å². The largest absolute Gasteiger partial charge is 0.311 e. The van der Waals surface area contributed by atoms with Gasteiger partial charge in [0.15, 0.2) is 0 Å². The van der Waals surface area contributed by atoms with E-state index in [2.05, 4.69) is 266 Å². The summed E-state index contributed by atoms with van der Waals surface area (Å²) in [4.78, 5) is 2.33. The third kappa shape index (κ3) is 6.82. The molecule has 0 fully saturated rings. The molecule has 0 heterocycles. The summed E-state index contributed by atoms with van der Waals surface area (Å²) in [5.74, 6) is 0. The zero-order valence-corrected chi connectivity index (χ0v) is 35.8. The van der Waals surface area contributed by atoms with Gasteiger partial charge in [0.1, 0.15) is 0 Å². The number of hydrogen-bond donors (Lipinski definition) is 0. The Hall–Kier alpha value is -8.52. The Morgan fingerprint density at radius 2 is 0.677 bits per heavy atom. The second-order valence-corrected chi connectivity index (χ2v) is 16.8. The molecule has 0 N–H and O–H groups in total. The van der Waals surface area contributed by atoms with Crippen LogP contribution in [-0.2, 0) is 0 Å². The fourth-order valence-corrected chi connectivity index (χ4v) is 10.0. The van der Waals surface area contributed by atoms with Crippen molar-refractivity contribution in [1.82, 2.24) is 0 Å². The van der Waals surface area contributed by atoms with Crippen LogP contribution in [0.2, 0.25) is 0 Å². The summed E-state index contributed by atoms with van der Waals surface area (Å²) in [6.07, 6.45) is 0. The number of rotatable bonds is 8. The highest BCUT2D eigenvalue weighted by Gasteiger charge is 2.23. The van der Waals surface area contributed by atoms with Crippen molar-refractivity contribution in [3.05, 3.63) is 261 Å². The van der Waals surface area contributed by atoms with Gasteiger partial charge >= 0.3 is 0 Å². The highest BCUT2D eigenvalue weighted by Crippen LogP contribution is 2.50. The zero-order chi connectivity index (χ0) is 43.1. The van der Waals surface area contributed by atoms with E-state index in [1.165, 1.54) is 93.2 Å². The molecule has 0 bridgehead atoms. The zero-order valence-electron chi connectivity index (χ0n) is 35.8. The molecule has 0 amide bonds. The minimum atomic E-state index is 1.10. The predicted octanol–water partition coefficient (Wildman–Crippen LogP) is 18.1. The molecule has 0 radical (unpaired) electrons. The SMILES string of the molecule is c1ccc(-c2ccc3c(c2)c2cc(-c4cccc5ccccc45)ccc2c2c(-c4ccccc4)c(-c4ccccc4)cc(-c4ccc(N(c5ccccc5)c5ccccc5)cc4)c32)cc1. The van der Waals surface area contributed by atoms with E-state index < -0.39 is 0 Å². The summed E-state index contributed by atoms with van der Waals surface area (Å²) < 4.78 is 0. The molecular formula is C64H43N. The van der Waals surface area contributed by atoms with Gasteiger partial charge in [-0.1, -0.05) is 206 Å². The van der Waals surface area contributed by atoms with Gasteiger partial charge in [-0.25, -0.2) is 0 Å². The lowest BCUT2D eigenvalue weighted by Crippen LogP contribution is -2.09. The van der Waals surface area contributed by atoms with Gasteiger partial charge in [0.05, 0.1) is 0 Å². The molecule has 0 saturated heterocycles. The summed E-state index contributed by atoms with van der Waals surface area (Å²) in [6.45, 7) is 0. The number of benzene rings is 12. The third-order valence-electron chi connectivity index (χ3n) is 13.0. The van der Waals surface area contributed by atoms with Crippen LogP contribution in [-0.4, -0.2) is 0 Å². The van der Waals surface area contributed by atoms with E-state index in [1.807, 2.05) is 0 Å². The van der Waals surface area contributed by atoms with E-state index >= 15 is 0 Å². The van der Waals surface area contributed by atoms with Gasteiger partial charge in [-0.3, -0.25) is 0 Å². The lowest BCUT2D eigenvalue weighted by molar-refractivity contribution is 1.28. The van der Waals surface area contributed by atoms with Crippen LogP contribution < -0.4 is 4.90 Å². The first kappa shape index (κ1) is 38.2. The van der Waals surface area contributed by atoms with Crippen LogP contribution in [0.15, 0.2) is 261 Å². The maximum Gasteiger partial charge on any atom is 0.0462 e. The number of nitrogens with zero attached hydrogens (tertiary/aromatic N) is 1. The molecule has 0 aliphatic rings. The Morgan fingerprint density at radius 1 is 0.215 bits per heavy atom. The van der Waals surface area contributed by atoms with Crippen LogP contribution >= 0.6 is 0 Å². The fourth-order valence-electron chi connectivity index (χ4n) is 10.0. The smallest absolute Gasteiger partial charge is 0.0462 e. The summed E-state index contributed by atoms with van der Waals surface area (Å²) >= 11 is 0. The third-order valence-corrected chi connectivity index (χ3v) is 13.0. The minimum Gasteiger partial charge on any atom is -0.311 e. The lowest BCUT2D eigenvalue weighted by atomic mass is 9.80. The molecule has 0 aromatic heterocycles. The Bertz CT molecular complexity index is 3610. The summed E-state index contributed by atoms with van der Waals surface area (Å²) in [6, 6.07) is 95.4. The Morgan fingerprint density at radius 3 is 1.32 bits per heavy atom. The maximum atomic E-state index is 2.46. The second-order valence-electron chi connectivity index (χ2n) is 16.8. The van der Waals surface area contributed by atoms with Crippen LogP contribution in [0.25, 0.3) is 98.7 Å². The molecule has 12 rings (SSSR count). The van der Waals surface area contributed by atoms with E-state index in [0.29, 0.717) is 0 Å². The molecule has 65 heavy (non-hydrogen) atoms. The highest BCUT2D eigenvalue weighted by molar-refractivity contribution is 6.33. The van der Waals surface area contributed by atoms with Gasteiger partial charge in [0.2, 0.25) is 0 Å². The van der Waals surface area contributed by atoms with Crippen LogP contribution in [0.1, 0.15) is 0 Å². The lowest BCUT2D eigenvalue weighted by Gasteiger charge is -2.26. The molecule has 0 spiro atoms. The normalized spacial score (nSPS) is 11.4. The number of hydrogen-bond acceptors (Lipinski definition) is 1. The maximum absolute atomic E-state index is 2.46. The van der Waals surface area contributed by atoms with Crippen LogP contribution in [0, 0.1) is 0 Å². The number of anilines is 3. The van der Waals surface area contributed by atoms with Crippen molar-refractivity contribution in [2.24, 2.45) is 0 Å². The van der Waals surface area contributed by atoms with Crippen molar-refractivity contribution in [2.75, 3.05) is 4.90 Å². The predicted molar refractivity (Wildman–Crippen MR) is 278 cm³/mol. The molecular weight excluding hydrogens is 783 g/mol. The first-order valence-electron chi connectivity index (χ1n) is 22.4. The van der Waals surface area contributed by atoms with Crippen molar-refractivity contribution in [2.45, 2.75) is 0 Å². The number of para-hydroxylation sites is 2. The number of fused-ring (bicyclic) bond motifs is 7. The quantitative estimate of drug-likeness (QED) is 0.138. The van der Waals surface area contributed by atoms with E-state index in [-0.39, 0.29) is 0 Å². The van der Waals surface area contributed by atoms with Crippen LogP contribution in [0.4, 0.5) is 17.1 Å². The van der Waals surface area contributed by atoms with Crippen molar-refractivity contribution in [1.29, 1.82) is 0 Å². The van der Waals surface area contributed by atoms with Gasteiger partial charge in [0, 0.05) is 17.1 Å². The molecule has 0 atom stereocenters. The summed E-state index contributed by atoms with van der Waals surface area (Å²) in [5, 5.41) is 9.93. The van der Waals surface area contributed by atoms with Gasteiger partial charge in [-0.15, -0.1) is 0 Å². The molecule has 1 nitrogen and oxygen atoms in total. The summed E-state index contributed by atoms with van der Waals surface area (Å²) in [7, 11) is 0. The van der Waals surface area contributed by atoms with Crippen molar-refractivity contribution >= 4 is 60.2 Å². The molecule has 0 unspecified atom stereocenters. The standard InChI is InChI=1S/C64H43N/c1-6-19-44(20-7-1)49-35-39-56-60(41-49)61-42-50(55-32-18-26-45-23-16-17-31-54(45)55)36-40-57(61)64-62(48-24-10-3-11-25-48)58(46-21-8-2-9-22-46)43-59(63(56)64)47-33-37-53(38-34-47)65(51-27-12-4-13-28-51)52-29-14-5-15-30-52/h1-43H. The fraction of sp³-hybridized carbons (Fsp3) is 0. The molecule has 0 saturated carbocycles. The van der Waals surface area contributed by atoms with Gasteiger partial charge in [0.25, 0.3) is 0 Å². The van der Waals surface area contributed by atoms with Crippen LogP contribution in [0.3, 0.4) is 0 Å². The van der Waals surface area contributed by atoms with Gasteiger partial charge in [-0.2, -0.15) is 0 Å². The molecule has 12 aromatic carbocycles. The second kappa shape index (κ2) is 16.3. The van der Waals surface area contributed by atoms with Crippen molar-refractivity contribution < 1.29 is 0 Å². The average molecular weight is 826 g/mol. The van der Waals surface area contributed by atoms with Crippen molar-refractivity contribution in [3.63, 3.8) is 0 Å².